The highest BCUT2D eigenvalue weighted by Gasteiger charge is 2.33. The number of anilines is 1. The zero-order chi connectivity index (χ0) is 29.4. The standard InChI is InChI=1S/C29H32Cl2FN3O4S/c1-20(2)17-33-29(37)27(15-21-7-5-4-6-8-21)34(18-22-9-12-24(32)13-10-22)28(36)19-35(40(3,38)39)26-16-23(30)11-14-25(26)31/h4-14,16,20,27H,15,17-19H2,1-3H3,(H,33,37). The Kier molecular flexibility index (Phi) is 11.0. The molecule has 1 atom stereocenters. The second-order valence-corrected chi connectivity index (χ2v) is 12.6. The van der Waals surface area contributed by atoms with E-state index in [2.05, 4.69) is 5.32 Å². The van der Waals surface area contributed by atoms with Crippen LogP contribution in [0.25, 0.3) is 0 Å². The summed E-state index contributed by atoms with van der Waals surface area (Å²) in [7, 11) is -4.00. The zero-order valence-electron chi connectivity index (χ0n) is 22.5. The summed E-state index contributed by atoms with van der Waals surface area (Å²) in [4.78, 5) is 28.9. The van der Waals surface area contributed by atoms with Crippen LogP contribution in [-0.2, 0) is 32.6 Å². The van der Waals surface area contributed by atoms with E-state index >= 15 is 0 Å². The van der Waals surface area contributed by atoms with Crippen LogP contribution < -0.4 is 9.62 Å². The lowest BCUT2D eigenvalue weighted by Crippen LogP contribution is -2.53. The summed E-state index contributed by atoms with van der Waals surface area (Å²) in [5.74, 6) is -1.32. The van der Waals surface area contributed by atoms with Crippen LogP contribution in [0.15, 0.2) is 72.8 Å². The first-order chi connectivity index (χ1) is 18.8. The van der Waals surface area contributed by atoms with Crippen LogP contribution in [0.4, 0.5) is 10.1 Å². The fourth-order valence-electron chi connectivity index (χ4n) is 4.03. The molecular formula is C29H32Cl2FN3O4S. The number of amides is 2. The molecule has 0 aromatic heterocycles. The van der Waals surface area contributed by atoms with Crippen molar-refractivity contribution in [1.82, 2.24) is 10.2 Å². The Morgan fingerprint density at radius 2 is 1.60 bits per heavy atom. The van der Waals surface area contributed by atoms with E-state index in [1.54, 1.807) is 0 Å². The van der Waals surface area contributed by atoms with Crippen molar-refractivity contribution >= 4 is 50.7 Å². The fraction of sp³-hybridized carbons (Fsp3) is 0.310. The van der Waals surface area contributed by atoms with Crippen LogP contribution in [0.3, 0.4) is 0 Å². The number of carbonyl (C=O) groups is 2. The molecule has 0 saturated carbocycles. The molecule has 0 bridgehead atoms. The van der Waals surface area contributed by atoms with Crippen molar-refractivity contribution < 1.29 is 22.4 Å². The first-order valence-corrected chi connectivity index (χ1v) is 15.2. The quantitative estimate of drug-likeness (QED) is 0.302. The minimum absolute atomic E-state index is 0.0376. The number of sulfonamides is 1. The van der Waals surface area contributed by atoms with Gasteiger partial charge in [0.05, 0.1) is 17.0 Å². The van der Waals surface area contributed by atoms with E-state index in [9.17, 15) is 22.4 Å². The average Bonchev–Trinajstić information content (AvgIpc) is 2.90. The van der Waals surface area contributed by atoms with Crippen LogP contribution >= 0.6 is 23.2 Å². The van der Waals surface area contributed by atoms with Gasteiger partial charge in [0.2, 0.25) is 21.8 Å². The summed E-state index contributed by atoms with van der Waals surface area (Å²) in [5.41, 5.74) is 1.41. The molecule has 0 spiro atoms. The highest BCUT2D eigenvalue weighted by molar-refractivity contribution is 7.92. The van der Waals surface area contributed by atoms with Gasteiger partial charge in [-0.05, 0) is 47.4 Å². The molecule has 40 heavy (non-hydrogen) atoms. The van der Waals surface area contributed by atoms with Crippen LogP contribution in [0.1, 0.15) is 25.0 Å². The molecule has 1 N–H and O–H groups in total. The van der Waals surface area contributed by atoms with Gasteiger partial charge in [0.25, 0.3) is 0 Å². The molecule has 3 aromatic rings. The molecule has 0 aliphatic heterocycles. The maximum Gasteiger partial charge on any atom is 0.244 e. The Morgan fingerprint density at radius 1 is 0.950 bits per heavy atom. The third-order valence-corrected chi connectivity index (χ3v) is 7.76. The molecular weight excluding hydrogens is 576 g/mol. The van der Waals surface area contributed by atoms with Gasteiger partial charge in [-0.15, -0.1) is 0 Å². The topological polar surface area (TPSA) is 86.8 Å². The maximum absolute atomic E-state index is 14.0. The summed E-state index contributed by atoms with van der Waals surface area (Å²) in [6, 6.07) is 18.1. The number of carbonyl (C=O) groups excluding carboxylic acids is 2. The lowest BCUT2D eigenvalue weighted by atomic mass is 10.0. The van der Waals surface area contributed by atoms with Crippen LogP contribution in [0.2, 0.25) is 10.0 Å². The van der Waals surface area contributed by atoms with Crippen molar-refractivity contribution in [2.24, 2.45) is 5.92 Å². The third kappa shape index (κ3) is 8.94. The Morgan fingerprint density at radius 3 is 2.20 bits per heavy atom. The third-order valence-electron chi connectivity index (χ3n) is 6.08. The van der Waals surface area contributed by atoms with E-state index in [4.69, 9.17) is 23.2 Å². The van der Waals surface area contributed by atoms with Gasteiger partial charge in [0, 0.05) is 24.5 Å². The second kappa shape index (κ2) is 14.0. The normalized spacial score (nSPS) is 12.2. The van der Waals surface area contributed by atoms with E-state index in [0.29, 0.717) is 12.1 Å². The number of hydrogen-bond donors (Lipinski definition) is 1. The Labute approximate surface area is 244 Å². The van der Waals surface area contributed by atoms with Crippen molar-refractivity contribution in [2.75, 3.05) is 23.7 Å². The number of halogens is 3. The van der Waals surface area contributed by atoms with E-state index in [1.807, 2.05) is 44.2 Å². The minimum Gasteiger partial charge on any atom is -0.354 e. The van der Waals surface area contributed by atoms with E-state index < -0.39 is 34.3 Å². The number of benzene rings is 3. The van der Waals surface area contributed by atoms with Crippen molar-refractivity contribution in [2.45, 2.75) is 32.9 Å². The monoisotopic (exact) mass is 607 g/mol. The predicted octanol–water partition coefficient (Wildman–Crippen LogP) is 5.31. The molecule has 214 valence electrons. The highest BCUT2D eigenvalue weighted by atomic mass is 35.5. The fourth-order valence-corrected chi connectivity index (χ4v) is 5.32. The second-order valence-electron chi connectivity index (χ2n) is 9.86. The number of hydrogen-bond acceptors (Lipinski definition) is 4. The Bertz CT molecular complexity index is 1420. The van der Waals surface area contributed by atoms with E-state index in [1.165, 1.54) is 47.4 Å². The molecule has 0 aliphatic carbocycles. The molecule has 2 amide bonds. The van der Waals surface area contributed by atoms with Crippen LogP contribution in [-0.4, -0.2) is 50.5 Å². The van der Waals surface area contributed by atoms with Gasteiger partial charge in [0.15, 0.2) is 0 Å². The van der Waals surface area contributed by atoms with Gasteiger partial charge < -0.3 is 10.2 Å². The predicted molar refractivity (Wildman–Crippen MR) is 157 cm³/mol. The van der Waals surface area contributed by atoms with Crippen molar-refractivity contribution in [1.29, 1.82) is 0 Å². The Hall–Kier alpha value is -3.14. The van der Waals surface area contributed by atoms with Gasteiger partial charge in [-0.25, -0.2) is 12.8 Å². The SMILES string of the molecule is CC(C)CNC(=O)C(Cc1ccccc1)N(Cc1ccc(F)cc1)C(=O)CN(c1cc(Cl)ccc1Cl)S(C)(=O)=O. The molecule has 0 heterocycles. The molecule has 7 nitrogen and oxygen atoms in total. The van der Waals surface area contributed by atoms with Crippen LogP contribution in [0.5, 0.6) is 0 Å². The first-order valence-electron chi connectivity index (χ1n) is 12.6. The molecule has 3 rings (SSSR count). The van der Waals surface area contributed by atoms with Gasteiger partial charge in [-0.1, -0.05) is 79.5 Å². The van der Waals surface area contributed by atoms with Gasteiger partial charge in [-0.3, -0.25) is 13.9 Å². The number of nitrogens with zero attached hydrogens (tertiary/aromatic N) is 2. The minimum atomic E-state index is -4.00. The lowest BCUT2D eigenvalue weighted by Gasteiger charge is -2.33. The summed E-state index contributed by atoms with van der Waals surface area (Å²) < 4.78 is 40.2. The van der Waals surface area contributed by atoms with E-state index in [0.717, 1.165) is 16.1 Å². The molecule has 0 radical (unpaired) electrons. The van der Waals surface area contributed by atoms with Gasteiger partial charge in [-0.2, -0.15) is 0 Å². The Balaban J connectivity index is 2.06. The summed E-state index contributed by atoms with van der Waals surface area (Å²) >= 11 is 12.4. The molecule has 3 aromatic carbocycles. The maximum atomic E-state index is 14.0. The summed E-state index contributed by atoms with van der Waals surface area (Å²) in [6.07, 6.45) is 1.13. The molecule has 0 fully saturated rings. The first kappa shape index (κ1) is 31.4. The number of rotatable bonds is 12. The van der Waals surface area contributed by atoms with Crippen molar-refractivity contribution in [3.63, 3.8) is 0 Å². The molecule has 11 heteroatoms. The highest BCUT2D eigenvalue weighted by Crippen LogP contribution is 2.31. The lowest BCUT2D eigenvalue weighted by molar-refractivity contribution is -0.140. The smallest absolute Gasteiger partial charge is 0.244 e. The number of nitrogens with one attached hydrogen (secondary N) is 1. The van der Waals surface area contributed by atoms with Crippen molar-refractivity contribution in [3.05, 3.63) is 99.8 Å². The van der Waals surface area contributed by atoms with Gasteiger partial charge >= 0.3 is 0 Å². The van der Waals surface area contributed by atoms with Crippen molar-refractivity contribution in [3.8, 4) is 0 Å². The average molecular weight is 609 g/mol. The molecule has 1 unspecified atom stereocenters. The summed E-state index contributed by atoms with van der Waals surface area (Å²) in [5, 5.41) is 3.22. The van der Waals surface area contributed by atoms with Crippen LogP contribution in [0, 0.1) is 11.7 Å². The zero-order valence-corrected chi connectivity index (χ0v) is 24.8. The largest absolute Gasteiger partial charge is 0.354 e. The van der Waals surface area contributed by atoms with E-state index in [-0.39, 0.29) is 40.5 Å². The summed E-state index contributed by atoms with van der Waals surface area (Å²) in [6.45, 7) is 3.59. The van der Waals surface area contributed by atoms with Gasteiger partial charge in [0.1, 0.15) is 18.4 Å². The molecule has 0 saturated heterocycles. The molecule has 0 aliphatic rings.